The maximum absolute atomic E-state index is 4.40. The molecule has 0 saturated carbocycles. The van der Waals surface area contributed by atoms with Gasteiger partial charge >= 0.3 is 0 Å². The van der Waals surface area contributed by atoms with Gasteiger partial charge in [-0.1, -0.05) is 0 Å². The van der Waals surface area contributed by atoms with E-state index in [0.717, 1.165) is 35.6 Å². The minimum Gasteiger partial charge on any atom is -0.356 e. The molecule has 4 heterocycles. The molecule has 1 fully saturated rings. The number of fused-ring (bicyclic) bond motifs is 1. The number of anilines is 1. The number of aromatic nitrogens is 5. The fraction of sp³-hybridized carbons (Fsp3) is 0.286. The molecule has 20 heavy (non-hydrogen) atoms. The second kappa shape index (κ2) is 4.56. The molecule has 0 N–H and O–H groups in total. The molecule has 1 aliphatic rings. The molecule has 0 atom stereocenters. The Hall–Kier alpha value is -2.50. The second-order valence-corrected chi connectivity index (χ2v) is 4.92. The first-order valence-corrected chi connectivity index (χ1v) is 6.77. The van der Waals surface area contributed by atoms with Crippen LogP contribution >= 0.6 is 0 Å². The molecule has 4 rings (SSSR count). The van der Waals surface area contributed by atoms with Crippen molar-refractivity contribution >= 4 is 16.7 Å². The van der Waals surface area contributed by atoms with Gasteiger partial charge in [-0.05, 0) is 18.9 Å². The molecule has 0 spiro atoms. The van der Waals surface area contributed by atoms with E-state index < -0.39 is 0 Å². The summed E-state index contributed by atoms with van der Waals surface area (Å²) in [4.78, 5) is 15.1. The van der Waals surface area contributed by atoms with E-state index >= 15 is 0 Å². The van der Waals surface area contributed by atoms with Gasteiger partial charge in [0.15, 0.2) is 5.82 Å². The van der Waals surface area contributed by atoms with Crippen LogP contribution in [-0.2, 0) is 0 Å². The van der Waals surface area contributed by atoms with E-state index in [2.05, 4.69) is 25.0 Å². The Kier molecular flexibility index (Phi) is 2.58. The summed E-state index contributed by atoms with van der Waals surface area (Å²) in [6.07, 6.45) is 9.45. The molecule has 1 aliphatic heterocycles. The van der Waals surface area contributed by atoms with Crippen LogP contribution in [0.2, 0.25) is 0 Å². The zero-order valence-electron chi connectivity index (χ0n) is 11.0. The molecular formula is C14H14N6. The first kappa shape index (κ1) is 11.3. The molecule has 6 nitrogen and oxygen atoms in total. The van der Waals surface area contributed by atoms with E-state index in [1.165, 1.54) is 12.8 Å². The fourth-order valence-corrected chi connectivity index (χ4v) is 2.63. The lowest BCUT2D eigenvalue weighted by Crippen LogP contribution is -2.19. The van der Waals surface area contributed by atoms with Crippen molar-refractivity contribution in [2.24, 2.45) is 0 Å². The summed E-state index contributed by atoms with van der Waals surface area (Å²) >= 11 is 0. The molecule has 1 saturated heterocycles. The van der Waals surface area contributed by atoms with Gasteiger partial charge in [-0.15, -0.1) is 0 Å². The van der Waals surface area contributed by atoms with Crippen LogP contribution in [0.25, 0.3) is 16.7 Å². The number of hydrogen-bond acceptors (Lipinski definition) is 5. The van der Waals surface area contributed by atoms with Crippen molar-refractivity contribution in [1.82, 2.24) is 24.7 Å². The van der Waals surface area contributed by atoms with E-state index in [0.29, 0.717) is 0 Å². The largest absolute Gasteiger partial charge is 0.356 e. The molecule has 0 unspecified atom stereocenters. The second-order valence-electron chi connectivity index (χ2n) is 4.92. The molecule has 3 aromatic heterocycles. The highest BCUT2D eigenvalue weighted by Crippen LogP contribution is 2.21. The highest BCUT2D eigenvalue weighted by molar-refractivity contribution is 5.78. The predicted octanol–water partition coefficient (Wildman–Crippen LogP) is 1.81. The van der Waals surface area contributed by atoms with Crippen LogP contribution in [0.15, 0.2) is 37.1 Å². The van der Waals surface area contributed by atoms with Crippen molar-refractivity contribution in [1.29, 1.82) is 0 Å². The molecule has 6 heteroatoms. The molecule has 3 aromatic rings. The molecule has 0 amide bonds. The lowest BCUT2D eigenvalue weighted by molar-refractivity contribution is 0.852. The van der Waals surface area contributed by atoms with Crippen LogP contribution in [0.4, 0.5) is 5.82 Å². The van der Waals surface area contributed by atoms with Gasteiger partial charge in [0, 0.05) is 36.9 Å². The number of nitrogens with zero attached hydrogens (tertiary/aromatic N) is 6. The maximum Gasteiger partial charge on any atom is 0.159 e. The van der Waals surface area contributed by atoms with Gasteiger partial charge in [-0.25, -0.2) is 14.6 Å². The van der Waals surface area contributed by atoms with Gasteiger partial charge in [-0.3, -0.25) is 4.98 Å². The van der Waals surface area contributed by atoms with E-state index in [4.69, 9.17) is 0 Å². The SMILES string of the molecule is c1cc2c(cn1)cnn2-c1cc(N2CCCC2)ncn1. The summed E-state index contributed by atoms with van der Waals surface area (Å²) in [6, 6.07) is 3.94. The summed E-state index contributed by atoms with van der Waals surface area (Å²) in [6.45, 7) is 2.14. The lowest BCUT2D eigenvalue weighted by atomic mass is 10.3. The van der Waals surface area contributed by atoms with E-state index in [1.807, 2.05) is 16.8 Å². The number of pyridine rings is 1. The van der Waals surface area contributed by atoms with Crippen molar-refractivity contribution in [2.75, 3.05) is 18.0 Å². The quantitative estimate of drug-likeness (QED) is 0.708. The average molecular weight is 266 g/mol. The molecule has 0 radical (unpaired) electrons. The van der Waals surface area contributed by atoms with Gasteiger partial charge in [0.1, 0.15) is 12.1 Å². The van der Waals surface area contributed by atoms with E-state index in [9.17, 15) is 0 Å². The topological polar surface area (TPSA) is 59.7 Å². The Balaban J connectivity index is 1.80. The number of hydrogen-bond donors (Lipinski definition) is 0. The summed E-state index contributed by atoms with van der Waals surface area (Å²) in [5, 5.41) is 5.41. The predicted molar refractivity (Wildman–Crippen MR) is 75.9 cm³/mol. The Morgan fingerprint density at radius 2 is 1.85 bits per heavy atom. The fourth-order valence-electron chi connectivity index (χ4n) is 2.63. The normalized spacial score (nSPS) is 15.1. The minimum atomic E-state index is 0.795. The molecule has 0 aromatic carbocycles. The lowest BCUT2D eigenvalue weighted by Gasteiger charge is -2.16. The van der Waals surface area contributed by atoms with Crippen LogP contribution in [-0.4, -0.2) is 37.8 Å². The summed E-state index contributed by atoms with van der Waals surface area (Å²) in [5.74, 6) is 1.77. The average Bonchev–Trinajstić information content (AvgIpc) is 3.17. The van der Waals surface area contributed by atoms with Crippen molar-refractivity contribution in [3.63, 3.8) is 0 Å². The van der Waals surface area contributed by atoms with Crippen LogP contribution in [0.1, 0.15) is 12.8 Å². The van der Waals surface area contributed by atoms with Crippen LogP contribution in [0.3, 0.4) is 0 Å². The van der Waals surface area contributed by atoms with Crippen molar-refractivity contribution in [3.05, 3.63) is 37.1 Å². The van der Waals surface area contributed by atoms with Gasteiger partial charge < -0.3 is 4.90 Å². The Morgan fingerprint density at radius 1 is 1.00 bits per heavy atom. The van der Waals surface area contributed by atoms with Gasteiger partial charge in [0.2, 0.25) is 0 Å². The molecule has 0 aliphatic carbocycles. The highest BCUT2D eigenvalue weighted by atomic mass is 15.3. The van der Waals surface area contributed by atoms with Crippen molar-refractivity contribution in [2.45, 2.75) is 12.8 Å². The van der Waals surface area contributed by atoms with Gasteiger partial charge in [-0.2, -0.15) is 5.10 Å². The van der Waals surface area contributed by atoms with Crippen LogP contribution in [0.5, 0.6) is 0 Å². The summed E-state index contributed by atoms with van der Waals surface area (Å²) in [7, 11) is 0. The molecular weight excluding hydrogens is 252 g/mol. The monoisotopic (exact) mass is 266 g/mol. The third kappa shape index (κ3) is 1.80. The third-order valence-electron chi connectivity index (χ3n) is 3.65. The third-order valence-corrected chi connectivity index (χ3v) is 3.65. The smallest absolute Gasteiger partial charge is 0.159 e. The Labute approximate surface area is 116 Å². The highest BCUT2D eigenvalue weighted by Gasteiger charge is 2.15. The zero-order chi connectivity index (χ0) is 13.4. The Bertz CT molecular complexity index is 744. The first-order chi connectivity index (χ1) is 9.92. The maximum atomic E-state index is 4.40. The first-order valence-electron chi connectivity index (χ1n) is 6.77. The molecule has 100 valence electrons. The van der Waals surface area contributed by atoms with Gasteiger partial charge in [0.25, 0.3) is 0 Å². The van der Waals surface area contributed by atoms with Crippen LogP contribution in [0, 0.1) is 0 Å². The van der Waals surface area contributed by atoms with Crippen molar-refractivity contribution in [3.8, 4) is 5.82 Å². The van der Waals surface area contributed by atoms with Gasteiger partial charge in [0.05, 0.1) is 11.7 Å². The summed E-state index contributed by atoms with van der Waals surface area (Å²) < 4.78 is 1.83. The number of rotatable bonds is 2. The zero-order valence-corrected chi connectivity index (χ0v) is 11.0. The minimum absolute atomic E-state index is 0.795. The molecule has 0 bridgehead atoms. The standard InChI is InChI=1S/C14H14N6/c1-2-6-19(5-1)13-7-14(17-10-16-13)20-12-3-4-15-8-11(12)9-18-20/h3-4,7-10H,1-2,5-6H2. The Morgan fingerprint density at radius 3 is 2.75 bits per heavy atom. The van der Waals surface area contributed by atoms with Crippen molar-refractivity contribution < 1.29 is 0 Å². The summed E-state index contributed by atoms with van der Waals surface area (Å²) in [5.41, 5.74) is 1.01. The van der Waals surface area contributed by atoms with Crippen LogP contribution < -0.4 is 4.90 Å². The van der Waals surface area contributed by atoms with E-state index in [-0.39, 0.29) is 0 Å². The van der Waals surface area contributed by atoms with E-state index in [1.54, 1.807) is 24.9 Å².